The summed E-state index contributed by atoms with van der Waals surface area (Å²) in [4.78, 5) is 20.7. The van der Waals surface area contributed by atoms with Gasteiger partial charge >= 0.3 is 0 Å². The maximum atomic E-state index is 10.6. The van der Waals surface area contributed by atoms with Crippen molar-refractivity contribution in [1.29, 1.82) is 0 Å². The summed E-state index contributed by atoms with van der Waals surface area (Å²) in [5.74, 6) is 1.25. The molecule has 2 aromatic carbocycles. The second-order valence-electron chi connectivity index (χ2n) is 5.97. The first-order chi connectivity index (χ1) is 14.7. The molecule has 0 aliphatic carbocycles. The van der Waals surface area contributed by atoms with Gasteiger partial charge in [0, 0.05) is 17.7 Å². The number of carbonyl (C=O) groups excluding carboxylic acids is 1. The summed E-state index contributed by atoms with van der Waals surface area (Å²) in [5.41, 5.74) is 0.634. The van der Waals surface area contributed by atoms with Crippen LogP contribution in [0, 0.1) is 10.1 Å². The van der Waals surface area contributed by atoms with Gasteiger partial charge in [0.2, 0.25) is 0 Å². The molecule has 0 aliphatic rings. The minimum absolute atomic E-state index is 0.0256. The highest BCUT2D eigenvalue weighted by Gasteiger charge is 2.04. The highest BCUT2D eigenvalue weighted by Crippen LogP contribution is 2.17. The van der Waals surface area contributed by atoms with Crippen LogP contribution in [-0.4, -0.2) is 64.1 Å². The Hall–Kier alpha value is -3.01. The van der Waals surface area contributed by atoms with E-state index >= 15 is 0 Å². The fraction of sp³-hybridized carbons (Fsp3) is 0.381. The second-order valence-corrected chi connectivity index (χ2v) is 5.97. The molecule has 0 fully saturated rings. The minimum Gasteiger partial charge on any atom is -0.491 e. The van der Waals surface area contributed by atoms with Crippen molar-refractivity contribution < 1.29 is 33.4 Å². The Labute approximate surface area is 174 Å². The third-order valence-electron chi connectivity index (χ3n) is 3.80. The molecule has 0 N–H and O–H groups in total. The Kier molecular flexibility index (Phi) is 10.9. The van der Waals surface area contributed by atoms with E-state index in [0.717, 1.165) is 6.29 Å². The zero-order valence-corrected chi connectivity index (χ0v) is 16.6. The third kappa shape index (κ3) is 9.46. The molecule has 9 nitrogen and oxygen atoms in total. The molecule has 162 valence electrons. The summed E-state index contributed by atoms with van der Waals surface area (Å²) in [6.45, 7) is 3.38. The number of ether oxygens (including phenoxy) is 5. The molecule has 0 unspecified atom stereocenters. The van der Waals surface area contributed by atoms with Gasteiger partial charge in [0.15, 0.2) is 0 Å². The Morgan fingerprint density at radius 1 is 0.667 bits per heavy atom. The molecule has 2 aromatic rings. The fourth-order valence-corrected chi connectivity index (χ4v) is 2.29. The molecule has 0 saturated heterocycles. The zero-order valence-electron chi connectivity index (χ0n) is 16.6. The third-order valence-corrected chi connectivity index (χ3v) is 3.80. The Bertz CT molecular complexity index is 749. The van der Waals surface area contributed by atoms with E-state index < -0.39 is 4.92 Å². The molecule has 0 spiro atoms. The van der Waals surface area contributed by atoms with Gasteiger partial charge in [-0.15, -0.1) is 0 Å². The van der Waals surface area contributed by atoms with Gasteiger partial charge in [0.05, 0.1) is 44.6 Å². The molecule has 0 bridgehead atoms. The summed E-state index contributed by atoms with van der Waals surface area (Å²) < 4.78 is 27.1. The second kappa shape index (κ2) is 14.0. The molecular formula is C21H25NO8. The van der Waals surface area contributed by atoms with Crippen LogP contribution < -0.4 is 9.47 Å². The SMILES string of the molecule is O=Cc1ccc(OCCOCCOCCOCCOc2ccc([N+](=O)[O-])cc2)cc1. The van der Waals surface area contributed by atoms with E-state index in [4.69, 9.17) is 23.7 Å². The van der Waals surface area contributed by atoms with Crippen molar-refractivity contribution in [2.45, 2.75) is 0 Å². The van der Waals surface area contributed by atoms with Crippen LogP contribution in [-0.2, 0) is 14.2 Å². The first-order valence-corrected chi connectivity index (χ1v) is 9.47. The van der Waals surface area contributed by atoms with Crippen molar-refractivity contribution in [3.05, 3.63) is 64.2 Å². The molecule has 0 aliphatic heterocycles. The van der Waals surface area contributed by atoms with E-state index in [1.165, 1.54) is 12.1 Å². The summed E-state index contributed by atoms with van der Waals surface area (Å²) in [6, 6.07) is 12.8. The Balaban J connectivity index is 1.36. The average Bonchev–Trinajstić information content (AvgIpc) is 2.77. The van der Waals surface area contributed by atoms with Gasteiger partial charge in [-0.05, 0) is 36.4 Å². The molecule has 9 heteroatoms. The quantitative estimate of drug-likeness (QED) is 0.177. The van der Waals surface area contributed by atoms with Crippen LogP contribution in [0.1, 0.15) is 10.4 Å². The Morgan fingerprint density at radius 2 is 1.07 bits per heavy atom. The first kappa shape index (κ1) is 23.3. The van der Waals surface area contributed by atoms with Crippen molar-refractivity contribution >= 4 is 12.0 Å². The minimum atomic E-state index is -0.456. The summed E-state index contributed by atoms with van der Waals surface area (Å²) in [7, 11) is 0. The van der Waals surface area contributed by atoms with Crippen molar-refractivity contribution in [3.63, 3.8) is 0 Å². The maximum Gasteiger partial charge on any atom is 0.269 e. The number of nitrogens with zero attached hydrogens (tertiary/aromatic N) is 1. The maximum absolute atomic E-state index is 10.6. The highest BCUT2D eigenvalue weighted by molar-refractivity contribution is 5.74. The number of rotatable bonds is 16. The average molecular weight is 419 g/mol. The lowest BCUT2D eigenvalue weighted by molar-refractivity contribution is -0.384. The molecule has 30 heavy (non-hydrogen) atoms. The Morgan fingerprint density at radius 3 is 1.47 bits per heavy atom. The number of carbonyl (C=O) groups is 1. The number of benzene rings is 2. The summed E-state index contributed by atoms with van der Waals surface area (Å²) in [5, 5.41) is 10.6. The van der Waals surface area contributed by atoms with Crippen molar-refractivity contribution in [3.8, 4) is 11.5 Å². The lowest BCUT2D eigenvalue weighted by Crippen LogP contribution is -2.14. The van der Waals surface area contributed by atoms with Crippen molar-refractivity contribution in [2.24, 2.45) is 0 Å². The van der Waals surface area contributed by atoms with E-state index in [-0.39, 0.29) is 5.69 Å². The number of hydrogen-bond donors (Lipinski definition) is 0. The molecular weight excluding hydrogens is 394 g/mol. The van der Waals surface area contributed by atoms with E-state index in [2.05, 4.69) is 0 Å². The summed E-state index contributed by atoms with van der Waals surface area (Å²) in [6.07, 6.45) is 0.785. The standard InChI is InChI=1S/C21H25NO8/c23-17-18-1-5-20(6-2-18)29-15-13-27-11-9-26-10-12-28-14-16-30-21-7-3-19(4-8-21)22(24)25/h1-8,17H,9-16H2. The van der Waals surface area contributed by atoms with Crippen LogP contribution in [0.2, 0.25) is 0 Å². The molecule has 2 rings (SSSR count). The number of non-ortho nitro benzene ring substituents is 1. The number of nitro benzene ring substituents is 1. The van der Waals surface area contributed by atoms with Gasteiger partial charge in [-0.25, -0.2) is 0 Å². The molecule has 0 atom stereocenters. The van der Waals surface area contributed by atoms with Crippen LogP contribution >= 0.6 is 0 Å². The number of nitro groups is 1. The molecule has 0 radical (unpaired) electrons. The van der Waals surface area contributed by atoms with Crippen molar-refractivity contribution in [2.75, 3.05) is 52.9 Å². The topological polar surface area (TPSA) is 106 Å². The van der Waals surface area contributed by atoms with Gasteiger partial charge in [-0.2, -0.15) is 0 Å². The van der Waals surface area contributed by atoms with Crippen LogP contribution in [0.15, 0.2) is 48.5 Å². The number of hydrogen-bond acceptors (Lipinski definition) is 8. The van der Waals surface area contributed by atoms with E-state index in [1.54, 1.807) is 36.4 Å². The van der Waals surface area contributed by atoms with Crippen LogP contribution in [0.5, 0.6) is 11.5 Å². The van der Waals surface area contributed by atoms with Crippen LogP contribution in [0.4, 0.5) is 5.69 Å². The highest BCUT2D eigenvalue weighted by atomic mass is 16.6. The van der Waals surface area contributed by atoms with Gasteiger partial charge in [-0.1, -0.05) is 0 Å². The largest absolute Gasteiger partial charge is 0.491 e. The van der Waals surface area contributed by atoms with E-state index in [0.29, 0.717) is 69.9 Å². The van der Waals surface area contributed by atoms with Crippen LogP contribution in [0.25, 0.3) is 0 Å². The van der Waals surface area contributed by atoms with Gasteiger partial charge in [0.1, 0.15) is 31.0 Å². The zero-order chi connectivity index (χ0) is 21.4. The van der Waals surface area contributed by atoms with Gasteiger partial charge < -0.3 is 23.7 Å². The number of aldehydes is 1. The van der Waals surface area contributed by atoms with E-state index in [9.17, 15) is 14.9 Å². The lowest BCUT2D eigenvalue weighted by atomic mass is 10.2. The predicted octanol–water partition coefficient (Wildman–Crippen LogP) is 2.91. The normalized spacial score (nSPS) is 10.5. The van der Waals surface area contributed by atoms with E-state index in [1.807, 2.05) is 0 Å². The molecule has 0 amide bonds. The lowest BCUT2D eigenvalue weighted by Gasteiger charge is -2.09. The predicted molar refractivity (Wildman–Crippen MR) is 108 cm³/mol. The molecule has 0 aromatic heterocycles. The first-order valence-electron chi connectivity index (χ1n) is 9.47. The monoisotopic (exact) mass is 419 g/mol. The van der Waals surface area contributed by atoms with Crippen molar-refractivity contribution in [1.82, 2.24) is 0 Å². The van der Waals surface area contributed by atoms with Gasteiger partial charge in [0.25, 0.3) is 5.69 Å². The van der Waals surface area contributed by atoms with Gasteiger partial charge in [-0.3, -0.25) is 14.9 Å². The smallest absolute Gasteiger partial charge is 0.269 e. The molecule has 0 heterocycles. The summed E-state index contributed by atoms with van der Waals surface area (Å²) >= 11 is 0. The fourth-order valence-electron chi connectivity index (χ4n) is 2.29. The molecule has 0 saturated carbocycles. The van der Waals surface area contributed by atoms with Crippen LogP contribution in [0.3, 0.4) is 0 Å².